The monoisotopic (exact) mass is 496 g/mol. The van der Waals surface area contributed by atoms with E-state index in [2.05, 4.69) is 61.4 Å². The van der Waals surface area contributed by atoms with Crippen molar-refractivity contribution in [2.45, 2.75) is 53.0 Å². The van der Waals surface area contributed by atoms with Crippen molar-refractivity contribution in [1.29, 1.82) is 0 Å². The smallest absolute Gasteiger partial charge is 0.235 e. The zero-order valence-electron chi connectivity index (χ0n) is 22.1. The first-order chi connectivity index (χ1) is 17.7. The third-order valence-electron chi connectivity index (χ3n) is 8.69. The van der Waals surface area contributed by atoms with E-state index in [0.29, 0.717) is 6.42 Å². The van der Waals surface area contributed by atoms with Crippen LogP contribution in [-0.4, -0.2) is 28.5 Å². The number of aromatic nitrogens is 1. The molecular weight excluding hydrogens is 460 g/mol. The van der Waals surface area contributed by atoms with Crippen molar-refractivity contribution >= 4 is 28.4 Å². The second-order valence-electron chi connectivity index (χ2n) is 11.3. The molecule has 5 nitrogen and oxygen atoms in total. The molecule has 1 fully saturated rings. The molecule has 6 atom stereocenters. The fraction of sp³-hybridized carbons (Fsp3) is 0.406. The van der Waals surface area contributed by atoms with Gasteiger partial charge in [-0.1, -0.05) is 67.5 Å². The summed E-state index contributed by atoms with van der Waals surface area (Å²) in [5, 5.41) is 4.38. The molecule has 0 bridgehead atoms. The van der Waals surface area contributed by atoms with E-state index in [0.717, 1.165) is 28.5 Å². The molecule has 0 saturated carbocycles. The van der Waals surface area contributed by atoms with Gasteiger partial charge in [-0.15, -0.1) is 0 Å². The molecule has 1 aliphatic heterocycles. The van der Waals surface area contributed by atoms with Gasteiger partial charge in [0.1, 0.15) is 5.41 Å². The molecule has 5 rings (SSSR count). The summed E-state index contributed by atoms with van der Waals surface area (Å²) in [6.07, 6.45) is 14.8. The van der Waals surface area contributed by atoms with Crippen LogP contribution in [0, 0.1) is 29.1 Å². The minimum Gasteiger partial charge on any atom is -0.361 e. The van der Waals surface area contributed by atoms with Crippen LogP contribution >= 0.6 is 0 Å². The van der Waals surface area contributed by atoms with Gasteiger partial charge in [0.25, 0.3) is 0 Å². The van der Waals surface area contributed by atoms with Crippen LogP contribution in [0.15, 0.2) is 78.1 Å². The summed E-state index contributed by atoms with van der Waals surface area (Å²) >= 11 is 0. The van der Waals surface area contributed by atoms with E-state index in [4.69, 9.17) is 0 Å². The molecule has 5 heteroatoms. The maximum absolute atomic E-state index is 14.1. The topological polar surface area (TPSA) is 79.0 Å². The third kappa shape index (κ3) is 4.35. The Labute approximate surface area is 218 Å². The van der Waals surface area contributed by atoms with Crippen molar-refractivity contribution < 1.29 is 14.4 Å². The SMILES string of the molecule is CC1=C[C@@H]2/C=C\C[C@H](C)/C=C(/C)CC(=O)/C=C\C(=O)[C@]23C(=O)N[C@@H](Cc2c[nH]c4ccccc24)[C@@H]3[C@@H]1C. The Balaban J connectivity index is 1.60. The van der Waals surface area contributed by atoms with Crippen molar-refractivity contribution in [1.82, 2.24) is 10.3 Å². The molecule has 1 aromatic carbocycles. The largest absolute Gasteiger partial charge is 0.361 e. The number of para-hydroxylation sites is 1. The lowest BCUT2D eigenvalue weighted by Crippen LogP contribution is -2.51. The van der Waals surface area contributed by atoms with Crippen molar-refractivity contribution in [2.24, 2.45) is 29.1 Å². The molecule has 3 aliphatic rings. The first kappa shape index (κ1) is 25.2. The van der Waals surface area contributed by atoms with Crippen LogP contribution in [0.4, 0.5) is 0 Å². The lowest BCUT2D eigenvalue weighted by atomic mass is 9.55. The summed E-state index contributed by atoms with van der Waals surface area (Å²) < 4.78 is 0. The van der Waals surface area contributed by atoms with Gasteiger partial charge in [-0.3, -0.25) is 14.4 Å². The number of rotatable bonds is 2. The van der Waals surface area contributed by atoms with Crippen LogP contribution in [0.5, 0.6) is 0 Å². The summed E-state index contributed by atoms with van der Waals surface area (Å²) in [4.78, 5) is 44.1. The molecule has 2 heterocycles. The number of aromatic amines is 1. The van der Waals surface area contributed by atoms with Gasteiger partial charge >= 0.3 is 0 Å². The molecule has 1 amide bonds. The van der Waals surface area contributed by atoms with E-state index in [-0.39, 0.29) is 53.6 Å². The fourth-order valence-electron chi connectivity index (χ4n) is 6.87. The number of hydrogen-bond acceptors (Lipinski definition) is 3. The van der Waals surface area contributed by atoms with Crippen LogP contribution in [-0.2, 0) is 20.8 Å². The number of amides is 1. The number of H-pyrrole nitrogens is 1. The first-order valence-electron chi connectivity index (χ1n) is 13.3. The van der Waals surface area contributed by atoms with Crippen LogP contribution in [0.25, 0.3) is 10.9 Å². The maximum Gasteiger partial charge on any atom is 0.235 e. The quantitative estimate of drug-likeness (QED) is 0.417. The molecular formula is C32H36N2O3. The van der Waals surface area contributed by atoms with Crippen molar-refractivity contribution in [3.63, 3.8) is 0 Å². The van der Waals surface area contributed by atoms with E-state index < -0.39 is 5.41 Å². The molecule has 1 spiro atoms. The highest BCUT2D eigenvalue weighted by atomic mass is 16.2. The number of nitrogens with one attached hydrogen (secondary N) is 2. The number of benzene rings is 1. The number of carbonyl (C=O) groups excluding carboxylic acids is 3. The van der Waals surface area contributed by atoms with Crippen molar-refractivity contribution in [3.05, 3.63) is 83.6 Å². The molecule has 2 aromatic rings. The lowest BCUT2D eigenvalue weighted by Gasteiger charge is -2.44. The highest BCUT2D eigenvalue weighted by Gasteiger charge is 2.64. The highest BCUT2D eigenvalue weighted by Crippen LogP contribution is 2.54. The van der Waals surface area contributed by atoms with Gasteiger partial charge in [0.05, 0.1) is 0 Å². The Morgan fingerprint density at radius 2 is 1.81 bits per heavy atom. The Bertz CT molecular complexity index is 1370. The minimum atomic E-state index is -1.28. The van der Waals surface area contributed by atoms with E-state index in [1.165, 1.54) is 17.7 Å². The predicted octanol–water partition coefficient (Wildman–Crippen LogP) is 5.65. The predicted molar refractivity (Wildman–Crippen MR) is 147 cm³/mol. The Kier molecular flexibility index (Phi) is 6.65. The molecule has 0 radical (unpaired) electrons. The minimum absolute atomic E-state index is 0.0328. The van der Waals surface area contributed by atoms with Gasteiger partial charge in [0, 0.05) is 41.4 Å². The average molecular weight is 497 g/mol. The molecule has 37 heavy (non-hydrogen) atoms. The standard InChI is InChI=1S/C32H36N2O3/c1-19-8-7-9-24-16-21(3)22(4)30-28(17-23-18-33-27-11-6-5-10-26(23)27)34-31(37)32(24,30)29(36)13-12-25(35)15-20(2)14-19/h5-7,9-14,16,18-19,22,24,28,30,33H,8,15,17H2,1-4H3,(H,34,37)/b9-7-,13-12-,20-14-/t19-,22+,24-,28-,30-,32+/m0/s1. The highest BCUT2D eigenvalue weighted by molar-refractivity contribution is 6.15. The summed E-state index contributed by atoms with van der Waals surface area (Å²) in [5.74, 6) is -0.928. The molecule has 1 aromatic heterocycles. The summed E-state index contributed by atoms with van der Waals surface area (Å²) in [6.45, 7) is 8.31. The maximum atomic E-state index is 14.1. The molecule has 1 saturated heterocycles. The zero-order valence-corrected chi connectivity index (χ0v) is 22.1. The van der Waals surface area contributed by atoms with Gasteiger partial charge in [-0.05, 0) is 62.3 Å². The summed E-state index contributed by atoms with van der Waals surface area (Å²) in [6, 6.07) is 7.95. The van der Waals surface area contributed by atoms with Crippen LogP contribution < -0.4 is 5.32 Å². The Hall–Kier alpha value is -3.47. The van der Waals surface area contributed by atoms with Crippen LogP contribution in [0.1, 0.15) is 46.1 Å². The number of ketones is 2. The summed E-state index contributed by atoms with van der Waals surface area (Å²) in [7, 11) is 0. The average Bonchev–Trinajstić information content (AvgIpc) is 3.39. The fourth-order valence-corrected chi connectivity index (χ4v) is 6.87. The molecule has 192 valence electrons. The second-order valence-corrected chi connectivity index (χ2v) is 11.3. The van der Waals surface area contributed by atoms with E-state index in [9.17, 15) is 14.4 Å². The van der Waals surface area contributed by atoms with Crippen LogP contribution in [0.2, 0.25) is 0 Å². The van der Waals surface area contributed by atoms with Gasteiger partial charge in [0.2, 0.25) is 5.91 Å². The van der Waals surface area contributed by atoms with Crippen molar-refractivity contribution in [2.75, 3.05) is 0 Å². The van der Waals surface area contributed by atoms with Gasteiger partial charge in [-0.2, -0.15) is 0 Å². The number of hydrogen-bond donors (Lipinski definition) is 2. The summed E-state index contributed by atoms with van der Waals surface area (Å²) in [5.41, 5.74) is 3.10. The molecule has 2 aliphatic carbocycles. The van der Waals surface area contributed by atoms with E-state index >= 15 is 0 Å². The number of allylic oxidation sites excluding steroid dienone is 8. The first-order valence-corrected chi connectivity index (χ1v) is 13.3. The van der Waals surface area contributed by atoms with Crippen molar-refractivity contribution in [3.8, 4) is 0 Å². The Morgan fingerprint density at radius 3 is 2.62 bits per heavy atom. The van der Waals surface area contributed by atoms with Gasteiger partial charge in [0.15, 0.2) is 11.6 Å². The third-order valence-corrected chi connectivity index (χ3v) is 8.69. The van der Waals surface area contributed by atoms with E-state index in [1.54, 1.807) is 0 Å². The zero-order chi connectivity index (χ0) is 26.3. The Morgan fingerprint density at radius 1 is 1.03 bits per heavy atom. The number of carbonyl (C=O) groups is 3. The normalized spacial score (nSPS) is 35.7. The lowest BCUT2D eigenvalue weighted by molar-refractivity contribution is -0.142. The molecule has 2 N–H and O–H groups in total. The van der Waals surface area contributed by atoms with E-state index in [1.807, 2.05) is 31.3 Å². The second kappa shape index (κ2) is 9.77. The number of fused-ring (bicyclic) bond motifs is 1. The molecule has 0 unspecified atom stereocenters. The van der Waals surface area contributed by atoms with Crippen LogP contribution in [0.3, 0.4) is 0 Å². The van der Waals surface area contributed by atoms with Gasteiger partial charge < -0.3 is 10.3 Å². The van der Waals surface area contributed by atoms with Gasteiger partial charge in [-0.25, -0.2) is 0 Å².